The quantitative estimate of drug-likeness (QED) is 0.526. The van der Waals surface area contributed by atoms with Crippen molar-refractivity contribution in [3.8, 4) is 0 Å². The highest BCUT2D eigenvalue weighted by Gasteiger charge is 2.26. The van der Waals surface area contributed by atoms with Gasteiger partial charge in [0.05, 0.1) is 12.8 Å². The van der Waals surface area contributed by atoms with Crippen LogP contribution in [0.15, 0.2) is 45.3 Å². The zero-order valence-electron chi connectivity index (χ0n) is 16.6. The highest BCUT2D eigenvalue weighted by Crippen LogP contribution is 2.18. The highest BCUT2D eigenvalue weighted by molar-refractivity contribution is 7.09. The van der Waals surface area contributed by atoms with Crippen molar-refractivity contribution in [2.24, 2.45) is 10.9 Å². The monoisotopic (exact) mass is 388 g/mol. The Morgan fingerprint density at radius 3 is 2.93 bits per heavy atom. The molecule has 0 saturated carbocycles. The first-order valence-corrected chi connectivity index (χ1v) is 11.0. The maximum atomic E-state index is 5.45. The van der Waals surface area contributed by atoms with E-state index in [2.05, 4.69) is 46.5 Å². The fourth-order valence-electron chi connectivity index (χ4n) is 3.60. The summed E-state index contributed by atoms with van der Waals surface area (Å²) in [5.74, 6) is 2.78. The lowest BCUT2D eigenvalue weighted by Gasteiger charge is -2.24. The second-order valence-corrected chi connectivity index (χ2v) is 8.09. The summed E-state index contributed by atoms with van der Waals surface area (Å²) in [4.78, 5) is 11.2. The Labute approximate surface area is 167 Å². The summed E-state index contributed by atoms with van der Waals surface area (Å²) in [5, 5.41) is 5.69. The Kier molecular flexibility index (Phi) is 7.78. The molecule has 3 rings (SSSR count). The third kappa shape index (κ3) is 6.11. The van der Waals surface area contributed by atoms with Crippen LogP contribution in [0, 0.1) is 5.92 Å². The lowest BCUT2D eigenvalue weighted by molar-refractivity contribution is 0.255. The fourth-order valence-corrected chi connectivity index (χ4v) is 4.22. The normalized spacial score (nSPS) is 17.8. The number of hydrogen-bond donors (Lipinski definition) is 1. The molecule has 5 nitrogen and oxygen atoms in total. The zero-order chi connectivity index (χ0) is 18.9. The summed E-state index contributed by atoms with van der Waals surface area (Å²) >= 11 is 1.77. The minimum atomic E-state index is 0.726. The molecule has 1 aliphatic heterocycles. The van der Waals surface area contributed by atoms with Gasteiger partial charge in [-0.3, -0.25) is 0 Å². The zero-order valence-corrected chi connectivity index (χ0v) is 17.4. The second kappa shape index (κ2) is 10.5. The summed E-state index contributed by atoms with van der Waals surface area (Å²) in [6.45, 7) is 11.7. The number of nitrogens with zero attached hydrogens (tertiary/aromatic N) is 3. The van der Waals surface area contributed by atoms with Crippen molar-refractivity contribution in [2.45, 2.75) is 33.2 Å². The van der Waals surface area contributed by atoms with Gasteiger partial charge in [-0.05, 0) is 49.0 Å². The third-order valence-corrected chi connectivity index (χ3v) is 6.06. The number of likely N-dealkylation sites (tertiary alicyclic amines) is 1. The van der Waals surface area contributed by atoms with Gasteiger partial charge >= 0.3 is 0 Å². The van der Waals surface area contributed by atoms with Crippen LogP contribution >= 0.6 is 11.3 Å². The van der Waals surface area contributed by atoms with Crippen molar-refractivity contribution in [2.75, 3.05) is 39.3 Å². The fraction of sp³-hybridized carbons (Fsp3) is 0.571. The van der Waals surface area contributed by atoms with E-state index >= 15 is 0 Å². The molecule has 1 unspecified atom stereocenters. The Morgan fingerprint density at radius 1 is 1.33 bits per heavy atom. The van der Waals surface area contributed by atoms with Gasteiger partial charge in [0, 0.05) is 37.5 Å². The largest absolute Gasteiger partial charge is 0.469 e. The van der Waals surface area contributed by atoms with Gasteiger partial charge in [-0.25, -0.2) is 4.99 Å². The maximum absolute atomic E-state index is 5.45. The molecule has 3 heterocycles. The summed E-state index contributed by atoms with van der Waals surface area (Å²) in [6, 6.07) is 8.22. The van der Waals surface area contributed by atoms with E-state index in [1.165, 1.54) is 17.8 Å². The van der Waals surface area contributed by atoms with Gasteiger partial charge in [-0.15, -0.1) is 11.3 Å². The predicted octanol–water partition coefficient (Wildman–Crippen LogP) is 3.69. The van der Waals surface area contributed by atoms with E-state index in [0.29, 0.717) is 0 Å². The Balaban J connectivity index is 1.57. The number of rotatable bonds is 9. The average Bonchev–Trinajstić information content (AvgIpc) is 3.45. The van der Waals surface area contributed by atoms with Crippen LogP contribution in [-0.2, 0) is 13.0 Å². The van der Waals surface area contributed by atoms with Crippen LogP contribution in [0.4, 0.5) is 0 Å². The van der Waals surface area contributed by atoms with E-state index in [0.717, 1.165) is 63.3 Å². The highest BCUT2D eigenvalue weighted by atomic mass is 32.1. The Morgan fingerprint density at radius 2 is 2.22 bits per heavy atom. The summed E-state index contributed by atoms with van der Waals surface area (Å²) < 4.78 is 5.45. The van der Waals surface area contributed by atoms with Crippen LogP contribution in [0.1, 0.15) is 30.9 Å². The molecule has 2 aromatic rings. The van der Waals surface area contributed by atoms with Crippen LogP contribution < -0.4 is 5.32 Å². The van der Waals surface area contributed by atoms with Gasteiger partial charge in [-0.1, -0.05) is 19.9 Å². The molecule has 2 aromatic heterocycles. The Bertz CT molecular complexity index is 664. The molecular formula is C21H32N4OS. The number of hydrogen-bond acceptors (Lipinski definition) is 4. The molecule has 0 aliphatic carbocycles. The van der Waals surface area contributed by atoms with Crippen molar-refractivity contribution < 1.29 is 4.42 Å². The number of thiophene rings is 1. The molecule has 1 fully saturated rings. The smallest absolute Gasteiger partial charge is 0.194 e. The van der Waals surface area contributed by atoms with Crippen LogP contribution in [0.5, 0.6) is 0 Å². The van der Waals surface area contributed by atoms with Crippen molar-refractivity contribution in [1.29, 1.82) is 0 Å². The molecule has 0 aromatic carbocycles. The standard InChI is InChI=1S/C21H32N4OS/c1-3-24(4-2)16-18-10-12-25(17-18)21(23-15-20-8-6-14-27-20)22-11-9-19-7-5-13-26-19/h5-8,13-14,18H,3-4,9-12,15-17H2,1-2H3,(H,22,23). The topological polar surface area (TPSA) is 44.0 Å². The molecule has 1 aliphatic rings. The molecule has 148 valence electrons. The predicted molar refractivity (Wildman–Crippen MR) is 113 cm³/mol. The molecule has 0 bridgehead atoms. The third-order valence-electron chi connectivity index (χ3n) is 5.20. The SMILES string of the molecule is CCN(CC)CC1CCN(C(=NCc2cccs2)NCCc2ccco2)C1. The molecule has 0 spiro atoms. The van der Waals surface area contributed by atoms with Crippen molar-refractivity contribution in [3.05, 3.63) is 46.5 Å². The van der Waals surface area contributed by atoms with Gasteiger partial charge < -0.3 is 19.5 Å². The maximum Gasteiger partial charge on any atom is 0.194 e. The Hall–Kier alpha value is -1.79. The van der Waals surface area contributed by atoms with Crippen LogP contribution in [0.3, 0.4) is 0 Å². The van der Waals surface area contributed by atoms with E-state index in [1.54, 1.807) is 17.6 Å². The molecule has 1 atom stereocenters. The van der Waals surface area contributed by atoms with Gasteiger partial charge in [-0.2, -0.15) is 0 Å². The first-order valence-electron chi connectivity index (χ1n) is 10.1. The lowest BCUT2D eigenvalue weighted by Crippen LogP contribution is -2.41. The molecule has 1 N–H and O–H groups in total. The van der Waals surface area contributed by atoms with E-state index in [4.69, 9.17) is 9.41 Å². The van der Waals surface area contributed by atoms with Crippen LogP contribution in [0.25, 0.3) is 0 Å². The van der Waals surface area contributed by atoms with E-state index in [9.17, 15) is 0 Å². The molecule has 6 heteroatoms. The second-order valence-electron chi connectivity index (χ2n) is 7.06. The minimum Gasteiger partial charge on any atom is -0.469 e. The summed E-state index contributed by atoms with van der Waals surface area (Å²) in [5.41, 5.74) is 0. The summed E-state index contributed by atoms with van der Waals surface area (Å²) in [7, 11) is 0. The first kappa shape index (κ1) is 20.0. The number of furan rings is 1. The molecule has 0 radical (unpaired) electrons. The van der Waals surface area contributed by atoms with Gasteiger partial charge in [0.25, 0.3) is 0 Å². The van der Waals surface area contributed by atoms with Gasteiger partial charge in [0.2, 0.25) is 0 Å². The molecule has 27 heavy (non-hydrogen) atoms. The lowest BCUT2D eigenvalue weighted by atomic mass is 10.1. The average molecular weight is 389 g/mol. The van der Waals surface area contributed by atoms with Gasteiger partial charge in [0.15, 0.2) is 5.96 Å². The van der Waals surface area contributed by atoms with Crippen molar-refractivity contribution in [3.63, 3.8) is 0 Å². The molecule has 1 saturated heterocycles. The van der Waals surface area contributed by atoms with E-state index in [1.807, 2.05) is 12.1 Å². The van der Waals surface area contributed by atoms with Crippen molar-refractivity contribution in [1.82, 2.24) is 15.1 Å². The van der Waals surface area contributed by atoms with Crippen molar-refractivity contribution >= 4 is 17.3 Å². The van der Waals surface area contributed by atoms with E-state index < -0.39 is 0 Å². The van der Waals surface area contributed by atoms with Crippen LogP contribution in [-0.4, -0.2) is 55.0 Å². The van der Waals surface area contributed by atoms with E-state index in [-0.39, 0.29) is 0 Å². The van der Waals surface area contributed by atoms with Crippen LogP contribution in [0.2, 0.25) is 0 Å². The van der Waals surface area contributed by atoms with Gasteiger partial charge in [0.1, 0.15) is 5.76 Å². The molecule has 0 amide bonds. The molecular weight excluding hydrogens is 356 g/mol. The summed E-state index contributed by atoms with van der Waals surface area (Å²) in [6.07, 6.45) is 3.86. The first-order chi connectivity index (χ1) is 13.3. The number of nitrogens with one attached hydrogen (secondary N) is 1. The minimum absolute atomic E-state index is 0.726. The number of guanidine groups is 1. The number of aliphatic imine (C=N–C) groups is 1.